The maximum absolute atomic E-state index is 6.95. The molecule has 0 fully saturated rings. The molecule has 0 aromatic carbocycles. The van der Waals surface area contributed by atoms with Gasteiger partial charge in [-0.3, -0.25) is 0 Å². The highest BCUT2D eigenvalue weighted by Crippen LogP contribution is 2.29. The first-order valence-electron chi connectivity index (χ1n) is 12.3. The minimum Gasteiger partial charge on any atom is -0.374 e. The maximum Gasteiger partial charge on any atom is 0.493 e. The molecule has 0 atom stereocenters. The van der Waals surface area contributed by atoms with Gasteiger partial charge in [0.2, 0.25) is 0 Å². The van der Waals surface area contributed by atoms with Gasteiger partial charge in [-0.1, -0.05) is 27.7 Å². The lowest BCUT2D eigenvalue weighted by molar-refractivity contribution is 0.0395. The highest BCUT2D eigenvalue weighted by Gasteiger charge is 2.53. The second-order valence-corrected chi connectivity index (χ2v) is 14.4. The van der Waals surface area contributed by atoms with Crippen molar-refractivity contribution in [2.24, 2.45) is 0 Å². The van der Waals surface area contributed by atoms with Gasteiger partial charge in [0.05, 0.1) is 0 Å². The van der Waals surface area contributed by atoms with E-state index in [-0.39, 0.29) is 0 Å². The summed E-state index contributed by atoms with van der Waals surface area (Å²) in [4.78, 5) is 4.39. The standard InChI is InChI=1S/C22H52N2O5Si2/c1-9-17-25-30(26-18-10-2,21-13-15-23(5)6)29-31(27-19-11-3,28-20-12-4)22-14-16-24(7)8/h9-22H2,1-8H3. The zero-order valence-corrected chi connectivity index (χ0v) is 23.8. The minimum atomic E-state index is -2.95. The molecule has 0 aliphatic heterocycles. The van der Waals surface area contributed by atoms with Crippen molar-refractivity contribution in [2.75, 3.05) is 67.7 Å². The lowest BCUT2D eigenvalue weighted by Crippen LogP contribution is -2.59. The Morgan fingerprint density at radius 1 is 0.516 bits per heavy atom. The van der Waals surface area contributed by atoms with E-state index in [4.69, 9.17) is 21.8 Å². The van der Waals surface area contributed by atoms with Crippen LogP contribution in [-0.2, 0) is 21.8 Å². The second-order valence-electron chi connectivity index (χ2n) is 8.68. The largest absolute Gasteiger partial charge is 0.493 e. The van der Waals surface area contributed by atoms with Crippen LogP contribution in [-0.4, -0.2) is 95.1 Å². The Kier molecular flexibility index (Phi) is 18.7. The Hall–Kier alpha value is 0.154. The van der Waals surface area contributed by atoms with E-state index in [1.807, 2.05) is 0 Å². The molecule has 0 spiro atoms. The van der Waals surface area contributed by atoms with Crippen LogP contribution in [0, 0.1) is 0 Å². The molecule has 7 nitrogen and oxygen atoms in total. The number of hydrogen-bond acceptors (Lipinski definition) is 7. The number of hydrogen-bond donors (Lipinski definition) is 0. The third-order valence-electron chi connectivity index (χ3n) is 4.59. The fourth-order valence-electron chi connectivity index (χ4n) is 3.08. The molecule has 0 unspecified atom stereocenters. The van der Waals surface area contributed by atoms with Gasteiger partial charge >= 0.3 is 17.6 Å². The normalized spacial score (nSPS) is 13.0. The predicted molar refractivity (Wildman–Crippen MR) is 134 cm³/mol. The van der Waals surface area contributed by atoms with Crippen LogP contribution in [0.5, 0.6) is 0 Å². The number of nitrogens with zero attached hydrogens (tertiary/aromatic N) is 2. The summed E-state index contributed by atoms with van der Waals surface area (Å²) in [5, 5.41) is 0. The van der Waals surface area contributed by atoms with E-state index in [0.717, 1.165) is 63.7 Å². The van der Waals surface area contributed by atoms with E-state index in [1.165, 1.54) is 0 Å². The quantitative estimate of drug-likeness (QED) is 0.212. The summed E-state index contributed by atoms with van der Waals surface area (Å²) < 4.78 is 32.7. The Labute approximate surface area is 195 Å². The van der Waals surface area contributed by atoms with E-state index < -0.39 is 17.6 Å². The molecular formula is C22H52N2O5Si2. The molecule has 0 rings (SSSR count). The Balaban J connectivity index is 5.83. The first-order valence-corrected chi connectivity index (χ1v) is 16.2. The van der Waals surface area contributed by atoms with Crippen molar-refractivity contribution in [3.8, 4) is 0 Å². The fraction of sp³-hybridized carbons (Fsp3) is 1.00. The smallest absolute Gasteiger partial charge is 0.374 e. The second kappa shape index (κ2) is 18.6. The average Bonchev–Trinajstić information content (AvgIpc) is 2.72. The lowest BCUT2D eigenvalue weighted by atomic mass is 10.5. The van der Waals surface area contributed by atoms with E-state index in [1.54, 1.807) is 0 Å². The van der Waals surface area contributed by atoms with E-state index in [2.05, 4.69) is 65.7 Å². The van der Waals surface area contributed by atoms with Gasteiger partial charge in [0.1, 0.15) is 0 Å². The van der Waals surface area contributed by atoms with Crippen LogP contribution in [0.25, 0.3) is 0 Å². The summed E-state index contributed by atoms with van der Waals surface area (Å²) in [5.41, 5.74) is 0. The van der Waals surface area contributed by atoms with Gasteiger partial charge in [0, 0.05) is 38.5 Å². The summed E-state index contributed by atoms with van der Waals surface area (Å²) in [6.45, 7) is 13.0. The van der Waals surface area contributed by atoms with Crippen molar-refractivity contribution in [3.05, 3.63) is 0 Å². The zero-order chi connectivity index (χ0) is 23.6. The molecule has 0 bridgehead atoms. The monoisotopic (exact) mass is 480 g/mol. The van der Waals surface area contributed by atoms with Crippen molar-refractivity contribution < 1.29 is 21.8 Å². The van der Waals surface area contributed by atoms with E-state index in [9.17, 15) is 0 Å². The SMILES string of the molecule is CCCO[Si](CCCN(C)C)(OCCC)O[Si](CCCN(C)C)(OCCC)OCCC. The van der Waals surface area contributed by atoms with Crippen LogP contribution in [0.3, 0.4) is 0 Å². The maximum atomic E-state index is 6.95. The Morgan fingerprint density at radius 3 is 1.03 bits per heavy atom. The summed E-state index contributed by atoms with van der Waals surface area (Å²) in [6, 6.07) is 1.58. The minimum absolute atomic E-state index is 0.641. The summed E-state index contributed by atoms with van der Waals surface area (Å²) in [6.07, 6.45) is 5.67. The van der Waals surface area contributed by atoms with Gasteiger partial charge in [-0.2, -0.15) is 0 Å². The molecule has 0 aliphatic carbocycles. The van der Waals surface area contributed by atoms with Crippen LogP contribution in [0.1, 0.15) is 66.2 Å². The molecule has 0 saturated heterocycles. The third-order valence-corrected chi connectivity index (χ3v) is 11.6. The molecular weight excluding hydrogens is 428 g/mol. The topological polar surface area (TPSA) is 52.6 Å². The van der Waals surface area contributed by atoms with Crippen molar-refractivity contribution in [1.29, 1.82) is 0 Å². The third kappa shape index (κ3) is 14.8. The molecule has 188 valence electrons. The van der Waals surface area contributed by atoms with Crippen molar-refractivity contribution >= 4 is 17.6 Å². The predicted octanol–water partition coefficient (Wildman–Crippen LogP) is 4.49. The summed E-state index contributed by atoms with van der Waals surface area (Å²) in [5.74, 6) is 0. The van der Waals surface area contributed by atoms with E-state index in [0.29, 0.717) is 26.4 Å². The summed E-state index contributed by atoms with van der Waals surface area (Å²) >= 11 is 0. The lowest BCUT2D eigenvalue weighted by Gasteiger charge is -2.39. The highest BCUT2D eigenvalue weighted by molar-refractivity contribution is 6.75. The zero-order valence-electron chi connectivity index (χ0n) is 21.8. The van der Waals surface area contributed by atoms with Crippen molar-refractivity contribution in [1.82, 2.24) is 9.80 Å². The highest BCUT2D eigenvalue weighted by atomic mass is 28.5. The molecule has 0 saturated carbocycles. The Bertz CT molecular complexity index is 365. The fourth-order valence-corrected chi connectivity index (χ4v) is 10.7. The van der Waals surface area contributed by atoms with Crippen LogP contribution < -0.4 is 0 Å². The van der Waals surface area contributed by atoms with Gasteiger partial charge in [0.25, 0.3) is 0 Å². The van der Waals surface area contributed by atoms with Crippen molar-refractivity contribution in [2.45, 2.75) is 78.3 Å². The van der Waals surface area contributed by atoms with Crippen LogP contribution in [0.15, 0.2) is 0 Å². The molecule has 0 aromatic rings. The molecule has 0 heterocycles. The molecule has 31 heavy (non-hydrogen) atoms. The van der Waals surface area contributed by atoms with Crippen LogP contribution >= 0.6 is 0 Å². The van der Waals surface area contributed by atoms with Gasteiger partial charge in [-0.15, -0.1) is 0 Å². The van der Waals surface area contributed by atoms with Crippen LogP contribution in [0.4, 0.5) is 0 Å². The average molecular weight is 481 g/mol. The van der Waals surface area contributed by atoms with Crippen LogP contribution in [0.2, 0.25) is 12.1 Å². The summed E-state index contributed by atoms with van der Waals surface area (Å²) in [7, 11) is 2.49. The molecule has 0 radical (unpaired) electrons. The van der Waals surface area contributed by atoms with Crippen molar-refractivity contribution in [3.63, 3.8) is 0 Å². The van der Waals surface area contributed by atoms with Gasteiger partial charge < -0.3 is 31.6 Å². The molecule has 0 aromatic heterocycles. The van der Waals surface area contributed by atoms with E-state index >= 15 is 0 Å². The first kappa shape index (κ1) is 31.2. The Morgan fingerprint density at radius 2 is 0.806 bits per heavy atom. The molecule has 9 heteroatoms. The van der Waals surface area contributed by atoms with Gasteiger partial charge in [0.15, 0.2) is 0 Å². The molecule has 0 N–H and O–H groups in total. The first-order chi connectivity index (χ1) is 14.8. The van der Waals surface area contributed by atoms with Gasteiger partial charge in [-0.05, 0) is 79.8 Å². The molecule has 0 amide bonds. The molecule has 0 aliphatic rings. The van der Waals surface area contributed by atoms with Gasteiger partial charge in [-0.25, -0.2) is 0 Å². The number of rotatable bonds is 22.